The first-order valence-corrected chi connectivity index (χ1v) is 7.07. The highest BCUT2D eigenvalue weighted by Gasteiger charge is 2.04. The first-order chi connectivity index (χ1) is 9.19. The number of aryl methyl sites for hydroxylation is 1. The van der Waals surface area contributed by atoms with Crippen LogP contribution in [0.25, 0.3) is 0 Å². The predicted molar refractivity (Wildman–Crippen MR) is 79.3 cm³/mol. The normalized spacial score (nSPS) is 10.7. The second-order valence-electron chi connectivity index (χ2n) is 4.41. The fourth-order valence-electron chi connectivity index (χ4n) is 1.92. The summed E-state index contributed by atoms with van der Waals surface area (Å²) >= 11 is 3.47. The Morgan fingerprint density at radius 1 is 1.37 bits per heavy atom. The van der Waals surface area contributed by atoms with E-state index in [-0.39, 0.29) is 0 Å². The summed E-state index contributed by atoms with van der Waals surface area (Å²) in [5.41, 5.74) is 7.94. The van der Waals surface area contributed by atoms with E-state index in [4.69, 9.17) is 10.5 Å². The van der Waals surface area contributed by atoms with E-state index in [9.17, 15) is 0 Å². The molecule has 2 aromatic rings. The fraction of sp³-hybridized carbons (Fsp3) is 0.357. The van der Waals surface area contributed by atoms with Crippen LogP contribution in [-0.4, -0.2) is 22.9 Å². The first-order valence-electron chi connectivity index (χ1n) is 6.28. The maximum absolute atomic E-state index is 5.84. The molecule has 0 aliphatic carbocycles. The minimum atomic E-state index is 0.620. The molecule has 0 saturated carbocycles. The summed E-state index contributed by atoms with van der Waals surface area (Å²) in [5.74, 6) is 0.914. The Morgan fingerprint density at radius 2 is 2.21 bits per heavy atom. The van der Waals surface area contributed by atoms with Crippen molar-refractivity contribution >= 4 is 15.9 Å². The molecule has 2 rings (SSSR count). The van der Waals surface area contributed by atoms with Gasteiger partial charge in [0.1, 0.15) is 5.75 Å². The van der Waals surface area contributed by atoms with Gasteiger partial charge in [0, 0.05) is 24.1 Å². The minimum absolute atomic E-state index is 0.620. The van der Waals surface area contributed by atoms with Crippen LogP contribution >= 0.6 is 15.9 Å². The van der Waals surface area contributed by atoms with Crippen LogP contribution in [0.1, 0.15) is 11.1 Å². The van der Waals surface area contributed by atoms with Crippen molar-refractivity contribution in [2.24, 2.45) is 12.8 Å². The van der Waals surface area contributed by atoms with Crippen LogP contribution in [-0.2, 0) is 19.9 Å². The van der Waals surface area contributed by atoms with Crippen LogP contribution in [0.15, 0.2) is 35.1 Å². The molecule has 0 atom stereocenters. The van der Waals surface area contributed by atoms with E-state index in [0.29, 0.717) is 13.2 Å². The van der Waals surface area contributed by atoms with Gasteiger partial charge in [0.05, 0.1) is 12.8 Å². The number of rotatable bonds is 6. The summed E-state index contributed by atoms with van der Waals surface area (Å²) in [7, 11) is 1.92. The molecule has 0 radical (unpaired) electrons. The van der Waals surface area contributed by atoms with Crippen molar-refractivity contribution in [1.82, 2.24) is 9.78 Å². The topological polar surface area (TPSA) is 53.1 Å². The zero-order chi connectivity index (χ0) is 13.7. The lowest BCUT2D eigenvalue weighted by molar-refractivity contribution is 0.318. The Kier molecular flexibility index (Phi) is 4.99. The highest BCUT2D eigenvalue weighted by atomic mass is 79.9. The molecule has 1 aromatic heterocycles. The number of aromatic nitrogens is 2. The molecule has 4 nitrogen and oxygen atoms in total. The van der Waals surface area contributed by atoms with Gasteiger partial charge >= 0.3 is 0 Å². The molecule has 5 heteroatoms. The van der Waals surface area contributed by atoms with Gasteiger partial charge in [-0.3, -0.25) is 4.68 Å². The van der Waals surface area contributed by atoms with Crippen LogP contribution in [0.2, 0.25) is 0 Å². The molecular weight excluding hydrogens is 306 g/mol. The number of nitrogens with zero attached hydrogens (tertiary/aromatic N) is 2. The Labute approximate surface area is 121 Å². The Hall–Kier alpha value is -1.33. The van der Waals surface area contributed by atoms with Crippen molar-refractivity contribution in [1.29, 1.82) is 0 Å². The van der Waals surface area contributed by atoms with Crippen LogP contribution in [0, 0.1) is 0 Å². The third-order valence-electron chi connectivity index (χ3n) is 2.84. The molecule has 0 fully saturated rings. The van der Waals surface area contributed by atoms with Gasteiger partial charge in [-0.2, -0.15) is 5.10 Å². The fourth-order valence-corrected chi connectivity index (χ4v) is 2.33. The van der Waals surface area contributed by atoms with E-state index in [2.05, 4.69) is 27.1 Å². The Balaban J connectivity index is 1.95. The summed E-state index contributed by atoms with van der Waals surface area (Å²) in [6, 6.07) is 6.03. The molecule has 0 spiro atoms. The van der Waals surface area contributed by atoms with Gasteiger partial charge in [0.2, 0.25) is 0 Å². The molecule has 0 bridgehead atoms. The van der Waals surface area contributed by atoms with Gasteiger partial charge in [-0.15, -0.1) is 0 Å². The SMILES string of the molecule is Cn1cc(CCOc2ccc(Br)cc2CCN)cn1. The second-order valence-corrected chi connectivity index (χ2v) is 5.33. The Bertz CT molecular complexity index is 539. The molecule has 1 aromatic carbocycles. The molecule has 0 amide bonds. The summed E-state index contributed by atoms with van der Waals surface area (Å²) in [6.45, 7) is 1.26. The number of benzene rings is 1. The second kappa shape index (κ2) is 6.73. The number of hydrogen-bond acceptors (Lipinski definition) is 3. The summed E-state index contributed by atoms with van der Waals surface area (Å²) in [6.07, 6.45) is 5.55. The lowest BCUT2D eigenvalue weighted by Gasteiger charge is -2.11. The lowest BCUT2D eigenvalue weighted by atomic mass is 10.1. The first kappa shape index (κ1) is 14.1. The molecule has 1 heterocycles. The summed E-state index contributed by atoms with van der Waals surface area (Å²) in [4.78, 5) is 0. The van der Waals surface area contributed by atoms with E-state index in [0.717, 1.165) is 28.6 Å². The molecule has 0 aliphatic heterocycles. The maximum Gasteiger partial charge on any atom is 0.122 e. The zero-order valence-corrected chi connectivity index (χ0v) is 12.6. The van der Waals surface area contributed by atoms with Crippen molar-refractivity contribution in [2.75, 3.05) is 13.2 Å². The molecule has 19 heavy (non-hydrogen) atoms. The standard InChI is InChI=1S/C14H18BrN3O/c1-18-10-11(9-17-18)5-7-19-14-3-2-13(15)8-12(14)4-6-16/h2-3,8-10H,4-7,16H2,1H3. The predicted octanol–water partition coefficient (Wildman–Crippen LogP) is 2.31. The largest absolute Gasteiger partial charge is 0.493 e. The van der Waals surface area contributed by atoms with Gasteiger partial charge in [-0.1, -0.05) is 15.9 Å². The van der Waals surface area contributed by atoms with Gasteiger partial charge in [0.25, 0.3) is 0 Å². The summed E-state index contributed by atoms with van der Waals surface area (Å²) < 4.78 is 8.70. The number of nitrogens with two attached hydrogens (primary N) is 1. The summed E-state index contributed by atoms with van der Waals surface area (Å²) in [5, 5.41) is 4.14. The van der Waals surface area contributed by atoms with Crippen molar-refractivity contribution in [3.8, 4) is 5.75 Å². The third-order valence-corrected chi connectivity index (χ3v) is 3.34. The van der Waals surface area contributed by atoms with Crippen LogP contribution in [0.3, 0.4) is 0 Å². The van der Waals surface area contributed by atoms with Crippen LogP contribution in [0.4, 0.5) is 0 Å². The van der Waals surface area contributed by atoms with E-state index in [1.807, 2.05) is 31.6 Å². The third kappa shape index (κ3) is 4.08. The molecule has 102 valence electrons. The van der Waals surface area contributed by atoms with Gasteiger partial charge in [-0.25, -0.2) is 0 Å². The van der Waals surface area contributed by atoms with Gasteiger partial charge in [-0.05, 0) is 42.3 Å². The maximum atomic E-state index is 5.84. The van der Waals surface area contributed by atoms with E-state index in [1.54, 1.807) is 4.68 Å². The number of hydrogen-bond donors (Lipinski definition) is 1. The number of halogens is 1. The average molecular weight is 324 g/mol. The van der Waals surface area contributed by atoms with E-state index in [1.165, 1.54) is 5.56 Å². The molecular formula is C14H18BrN3O. The highest BCUT2D eigenvalue weighted by Crippen LogP contribution is 2.23. The van der Waals surface area contributed by atoms with Crippen molar-refractivity contribution < 1.29 is 4.74 Å². The van der Waals surface area contributed by atoms with Crippen LogP contribution < -0.4 is 10.5 Å². The molecule has 0 aliphatic rings. The van der Waals surface area contributed by atoms with Crippen LogP contribution in [0.5, 0.6) is 5.75 Å². The average Bonchev–Trinajstić information content (AvgIpc) is 2.78. The lowest BCUT2D eigenvalue weighted by Crippen LogP contribution is -2.07. The molecule has 0 unspecified atom stereocenters. The van der Waals surface area contributed by atoms with E-state index < -0.39 is 0 Å². The smallest absolute Gasteiger partial charge is 0.122 e. The quantitative estimate of drug-likeness (QED) is 0.887. The Morgan fingerprint density at radius 3 is 2.89 bits per heavy atom. The van der Waals surface area contributed by atoms with E-state index >= 15 is 0 Å². The van der Waals surface area contributed by atoms with Gasteiger partial charge in [0.15, 0.2) is 0 Å². The highest BCUT2D eigenvalue weighted by molar-refractivity contribution is 9.10. The molecule has 2 N–H and O–H groups in total. The van der Waals surface area contributed by atoms with Crippen molar-refractivity contribution in [3.05, 3.63) is 46.2 Å². The van der Waals surface area contributed by atoms with Crippen molar-refractivity contribution in [2.45, 2.75) is 12.8 Å². The minimum Gasteiger partial charge on any atom is -0.493 e. The van der Waals surface area contributed by atoms with Crippen molar-refractivity contribution in [3.63, 3.8) is 0 Å². The zero-order valence-electron chi connectivity index (χ0n) is 11.0. The van der Waals surface area contributed by atoms with Gasteiger partial charge < -0.3 is 10.5 Å². The monoisotopic (exact) mass is 323 g/mol. The molecule has 0 saturated heterocycles. The number of ether oxygens (including phenoxy) is 1.